The van der Waals surface area contributed by atoms with Crippen LogP contribution < -0.4 is 5.73 Å². The number of hydrogen-bond acceptors (Lipinski definition) is 5. The zero-order valence-electron chi connectivity index (χ0n) is 11.6. The van der Waals surface area contributed by atoms with Gasteiger partial charge in [-0.2, -0.15) is 16.7 Å². The van der Waals surface area contributed by atoms with Crippen LogP contribution in [0.5, 0.6) is 0 Å². The highest BCUT2D eigenvalue weighted by atomic mass is 32.2. The lowest BCUT2D eigenvalue weighted by molar-refractivity contribution is 0.425. The summed E-state index contributed by atoms with van der Waals surface area (Å²) < 4.78 is 5.33. The highest BCUT2D eigenvalue weighted by Gasteiger charge is 2.17. The second-order valence-corrected chi connectivity index (χ2v) is 6.59. The summed E-state index contributed by atoms with van der Waals surface area (Å²) in [6, 6.07) is 5.83. The van der Waals surface area contributed by atoms with Crippen molar-refractivity contribution in [3.63, 3.8) is 0 Å². The molecule has 0 saturated heterocycles. The van der Waals surface area contributed by atoms with Crippen LogP contribution in [0.4, 0.5) is 5.69 Å². The molecule has 0 atom stereocenters. The van der Waals surface area contributed by atoms with E-state index < -0.39 is 0 Å². The number of aryl methyl sites for hydroxylation is 1. The van der Waals surface area contributed by atoms with Gasteiger partial charge < -0.3 is 10.3 Å². The molecule has 5 heteroatoms. The lowest BCUT2D eigenvalue weighted by atomic mass is 10.1. The molecule has 106 valence electrons. The molecule has 4 nitrogen and oxygen atoms in total. The standard InChI is InChI=1S/C15H19N3OS/c1-10-6-7-11(8-13(10)16)15-17-14(18-19-15)9-20-12-4-2-3-5-12/h6-8,12H,2-5,9,16H2,1H3. The van der Waals surface area contributed by atoms with E-state index in [1.165, 1.54) is 25.7 Å². The summed E-state index contributed by atoms with van der Waals surface area (Å²) >= 11 is 1.94. The lowest BCUT2D eigenvalue weighted by Crippen LogP contribution is -1.95. The summed E-state index contributed by atoms with van der Waals surface area (Å²) in [5.41, 5.74) is 8.61. The van der Waals surface area contributed by atoms with Gasteiger partial charge in [-0.25, -0.2) is 0 Å². The smallest absolute Gasteiger partial charge is 0.258 e. The van der Waals surface area contributed by atoms with Gasteiger partial charge in [0.15, 0.2) is 5.82 Å². The Morgan fingerprint density at radius 2 is 2.15 bits per heavy atom. The monoisotopic (exact) mass is 289 g/mol. The Balaban J connectivity index is 1.67. The van der Waals surface area contributed by atoms with Crippen LogP contribution >= 0.6 is 11.8 Å². The Morgan fingerprint density at radius 1 is 1.35 bits per heavy atom. The fourth-order valence-electron chi connectivity index (χ4n) is 2.45. The van der Waals surface area contributed by atoms with E-state index in [0.717, 1.165) is 33.6 Å². The van der Waals surface area contributed by atoms with Crippen molar-refractivity contribution in [1.29, 1.82) is 0 Å². The zero-order chi connectivity index (χ0) is 13.9. The summed E-state index contributed by atoms with van der Waals surface area (Å²) in [6.07, 6.45) is 5.36. The summed E-state index contributed by atoms with van der Waals surface area (Å²) in [6.45, 7) is 1.98. The van der Waals surface area contributed by atoms with Crippen molar-refractivity contribution in [2.45, 2.75) is 43.6 Å². The zero-order valence-corrected chi connectivity index (χ0v) is 12.4. The van der Waals surface area contributed by atoms with Crippen molar-refractivity contribution in [3.05, 3.63) is 29.6 Å². The van der Waals surface area contributed by atoms with Gasteiger partial charge in [0.05, 0.1) is 5.75 Å². The molecule has 0 amide bonds. The molecule has 2 N–H and O–H groups in total. The molecule has 1 aliphatic rings. The topological polar surface area (TPSA) is 64.9 Å². The molecule has 0 aliphatic heterocycles. The molecular formula is C15H19N3OS. The maximum Gasteiger partial charge on any atom is 0.258 e. The average Bonchev–Trinajstić information content (AvgIpc) is 3.10. The van der Waals surface area contributed by atoms with Crippen LogP contribution in [0.3, 0.4) is 0 Å². The molecule has 0 unspecified atom stereocenters. The fourth-order valence-corrected chi connectivity index (χ4v) is 3.62. The van der Waals surface area contributed by atoms with Crippen molar-refractivity contribution >= 4 is 17.4 Å². The van der Waals surface area contributed by atoms with Gasteiger partial charge in [-0.05, 0) is 37.5 Å². The van der Waals surface area contributed by atoms with Crippen molar-refractivity contribution < 1.29 is 4.52 Å². The minimum Gasteiger partial charge on any atom is -0.398 e. The number of aromatic nitrogens is 2. The number of anilines is 1. The van der Waals surface area contributed by atoms with E-state index in [-0.39, 0.29) is 0 Å². The number of nitrogens with two attached hydrogens (primary N) is 1. The number of rotatable bonds is 4. The first-order valence-electron chi connectivity index (χ1n) is 7.03. The Morgan fingerprint density at radius 3 is 2.90 bits per heavy atom. The molecule has 2 aromatic rings. The van der Waals surface area contributed by atoms with E-state index >= 15 is 0 Å². The third kappa shape index (κ3) is 2.98. The fraction of sp³-hybridized carbons (Fsp3) is 0.467. The number of nitrogens with zero attached hydrogens (tertiary/aromatic N) is 2. The van der Waals surface area contributed by atoms with Gasteiger partial charge in [0.1, 0.15) is 0 Å². The SMILES string of the molecule is Cc1ccc(-c2nc(CSC3CCCC3)no2)cc1N. The van der Waals surface area contributed by atoms with Crippen molar-refractivity contribution in [3.8, 4) is 11.5 Å². The van der Waals surface area contributed by atoms with Gasteiger partial charge in [0.2, 0.25) is 0 Å². The minimum absolute atomic E-state index is 0.554. The predicted octanol–water partition coefficient (Wildman–Crippen LogP) is 3.80. The molecule has 20 heavy (non-hydrogen) atoms. The Labute approximate surface area is 123 Å². The van der Waals surface area contributed by atoms with Crippen LogP contribution in [0, 0.1) is 6.92 Å². The molecular weight excluding hydrogens is 270 g/mol. The molecule has 1 heterocycles. The minimum atomic E-state index is 0.554. The molecule has 1 aromatic carbocycles. The normalized spacial score (nSPS) is 15.8. The molecule has 0 bridgehead atoms. The maximum atomic E-state index is 5.91. The molecule has 1 aromatic heterocycles. The first kappa shape index (κ1) is 13.5. The van der Waals surface area contributed by atoms with E-state index in [4.69, 9.17) is 10.3 Å². The molecule has 1 saturated carbocycles. The quantitative estimate of drug-likeness (QED) is 0.867. The number of thioether (sulfide) groups is 1. The van der Waals surface area contributed by atoms with Gasteiger partial charge in [-0.15, -0.1) is 0 Å². The summed E-state index contributed by atoms with van der Waals surface area (Å²) in [5.74, 6) is 2.16. The van der Waals surface area contributed by atoms with Crippen molar-refractivity contribution in [1.82, 2.24) is 10.1 Å². The van der Waals surface area contributed by atoms with Crippen LogP contribution in [0.1, 0.15) is 37.1 Å². The second-order valence-electron chi connectivity index (χ2n) is 5.30. The molecule has 1 fully saturated rings. The maximum absolute atomic E-state index is 5.91. The van der Waals surface area contributed by atoms with Crippen LogP contribution in [-0.4, -0.2) is 15.4 Å². The van der Waals surface area contributed by atoms with E-state index in [2.05, 4.69) is 10.1 Å². The van der Waals surface area contributed by atoms with E-state index in [0.29, 0.717) is 5.89 Å². The highest BCUT2D eigenvalue weighted by molar-refractivity contribution is 7.99. The Bertz CT molecular complexity index is 591. The summed E-state index contributed by atoms with van der Waals surface area (Å²) in [4.78, 5) is 4.46. The van der Waals surface area contributed by atoms with Gasteiger partial charge in [0.25, 0.3) is 5.89 Å². The van der Waals surface area contributed by atoms with E-state index in [1.807, 2.05) is 36.9 Å². The average molecular weight is 289 g/mol. The van der Waals surface area contributed by atoms with Gasteiger partial charge >= 0.3 is 0 Å². The van der Waals surface area contributed by atoms with Crippen LogP contribution in [0.25, 0.3) is 11.5 Å². The first-order chi connectivity index (χ1) is 9.72. The lowest BCUT2D eigenvalue weighted by Gasteiger charge is -2.04. The largest absolute Gasteiger partial charge is 0.398 e. The summed E-state index contributed by atoms with van der Waals surface area (Å²) in [5, 5.41) is 4.83. The van der Waals surface area contributed by atoms with Crippen LogP contribution in [0.2, 0.25) is 0 Å². The third-order valence-corrected chi connectivity index (χ3v) is 5.11. The Hall–Kier alpha value is -1.49. The highest BCUT2D eigenvalue weighted by Crippen LogP contribution is 2.31. The number of benzene rings is 1. The third-order valence-electron chi connectivity index (χ3n) is 3.74. The molecule has 3 rings (SSSR count). The number of hydrogen-bond donors (Lipinski definition) is 1. The van der Waals surface area contributed by atoms with Crippen LogP contribution in [-0.2, 0) is 5.75 Å². The second kappa shape index (κ2) is 5.87. The Kier molecular flexibility index (Phi) is 3.96. The first-order valence-corrected chi connectivity index (χ1v) is 8.08. The molecule has 1 aliphatic carbocycles. The predicted molar refractivity (Wildman–Crippen MR) is 82.4 cm³/mol. The van der Waals surface area contributed by atoms with Gasteiger partial charge in [0, 0.05) is 16.5 Å². The van der Waals surface area contributed by atoms with E-state index in [1.54, 1.807) is 0 Å². The van der Waals surface area contributed by atoms with E-state index in [9.17, 15) is 0 Å². The van der Waals surface area contributed by atoms with Gasteiger partial charge in [-0.3, -0.25) is 0 Å². The van der Waals surface area contributed by atoms with Crippen molar-refractivity contribution in [2.24, 2.45) is 0 Å². The molecule has 0 radical (unpaired) electrons. The van der Waals surface area contributed by atoms with Crippen molar-refractivity contribution in [2.75, 3.05) is 5.73 Å². The summed E-state index contributed by atoms with van der Waals surface area (Å²) in [7, 11) is 0. The van der Waals surface area contributed by atoms with Crippen LogP contribution in [0.15, 0.2) is 22.7 Å². The molecule has 0 spiro atoms. The number of nitrogen functional groups attached to an aromatic ring is 1. The van der Waals surface area contributed by atoms with Gasteiger partial charge in [-0.1, -0.05) is 24.1 Å².